The molecule has 1 aliphatic heterocycles. The summed E-state index contributed by atoms with van der Waals surface area (Å²) < 4.78 is 1.67. The van der Waals surface area contributed by atoms with Crippen molar-refractivity contribution in [2.24, 2.45) is 7.05 Å². The van der Waals surface area contributed by atoms with E-state index in [1.165, 1.54) is 11.1 Å². The summed E-state index contributed by atoms with van der Waals surface area (Å²) in [6.45, 7) is 3.87. The van der Waals surface area contributed by atoms with Crippen LogP contribution in [0.15, 0.2) is 60.4 Å². The van der Waals surface area contributed by atoms with Crippen molar-refractivity contribution in [3.63, 3.8) is 0 Å². The number of aromatic amines is 1. The second-order valence-electron chi connectivity index (χ2n) is 9.16. The number of hydrogen-bond donors (Lipinski definition) is 4. The monoisotopic (exact) mass is 439 g/mol. The van der Waals surface area contributed by atoms with Crippen LogP contribution in [0.4, 0.5) is 0 Å². The van der Waals surface area contributed by atoms with Gasteiger partial charge in [0.25, 0.3) is 0 Å². The largest absolute Gasteiger partial charge is 0.508 e. The lowest BCUT2D eigenvalue weighted by Crippen LogP contribution is -2.20. The number of imidazole rings is 1. The summed E-state index contributed by atoms with van der Waals surface area (Å²) in [4.78, 5) is 8.10. The van der Waals surface area contributed by atoms with E-state index in [0.717, 1.165) is 41.7 Å². The molecule has 4 aromatic rings. The molecule has 1 unspecified atom stereocenters. The number of aliphatic hydroxyl groups excluding tert-OH is 1. The Morgan fingerprint density at radius 1 is 1.06 bits per heavy atom. The Balaban J connectivity index is 1.35. The van der Waals surface area contributed by atoms with E-state index < -0.39 is 0 Å². The molecule has 166 valence electrons. The zero-order chi connectivity index (χ0) is 22.7. The minimum atomic E-state index is -0.174. The van der Waals surface area contributed by atoms with Gasteiger partial charge in [0, 0.05) is 31.1 Å². The number of nitrogens with one attached hydrogen (secondary N) is 2. The highest BCUT2D eigenvalue weighted by atomic mass is 16.3. The van der Waals surface area contributed by atoms with Gasteiger partial charge in [-0.25, -0.2) is 4.98 Å². The van der Waals surface area contributed by atoms with Gasteiger partial charge >= 0.3 is 0 Å². The van der Waals surface area contributed by atoms with Crippen LogP contribution < -0.4 is 5.32 Å². The Kier molecular flexibility index (Phi) is 4.25. The molecule has 4 N–H and O–H groups in total. The first-order valence-corrected chi connectivity index (χ1v) is 11.1. The van der Waals surface area contributed by atoms with E-state index in [1.807, 2.05) is 31.3 Å². The Hall–Kier alpha value is -3.84. The number of H-pyrrole nitrogens is 1. The quantitative estimate of drug-likeness (QED) is 0.374. The van der Waals surface area contributed by atoms with Crippen molar-refractivity contribution in [1.82, 2.24) is 25.1 Å². The number of aliphatic hydroxyl groups is 1. The minimum absolute atomic E-state index is 0.107. The van der Waals surface area contributed by atoms with Gasteiger partial charge in [-0.1, -0.05) is 37.3 Å². The molecule has 0 bridgehead atoms. The molecule has 0 saturated heterocycles. The van der Waals surface area contributed by atoms with Crippen molar-refractivity contribution < 1.29 is 10.2 Å². The first-order valence-electron chi connectivity index (χ1n) is 11.1. The average Bonchev–Trinajstić information content (AvgIpc) is 3.50. The van der Waals surface area contributed by atoms with Gasteiger partial charge < -0.3 is 20.5 Å². The highest BCUT2D eigenvalue weighted by Gasteiger charge is 2.26. The molecule has 0 amide bonds. The van der Waals surface area contributed by atoms with Crippen molar-refractivity contribution in [1.29, 1.82) is 0 Å². The SMILES string of the molecule is Cn1nc(-c2ccc(C3(C)C=CC(O)=CC3)cc2)c(O)c1-c1nc2cc3c(cc2[nH]1)CNC3. The number of aromatic nitrogens is 4. The molecule has 7 nitrogen and oxygen atoms in total. The van der Waals surface area contributed by atoms with E-state index >= 15 is 0 Å². The number of allylic oxidation sites excluding steroid dienone is 3. The fourth-order valence-corrected chi connectivity index (χ4v) is 4.84. The molecule has 2 aliphatic rings. The molecule has 0 saturated carbocycles. The van der Waals surface area contributed by atoms with E-state index in [9.17, 15) is 10.2 Å². The molecule has 6 rings (SSSR count). The van der Waals surface area contributed by atoms with Crippen LogP contribution in [0, 0.1) is 0 Å². The number of benzene rings is 2. The highest BCUT2D eigenvalue weighted by Crippen LogP contribution is 2.39. The van der Waals surface area contributed by atoms with Gasteiger partial charge in [-0.15, -0.1) is 0 Å². The van der Waals surface area contributed by atoms with Crippen molar-refractivity contribution in [2.45, 2.75) is 31.8 Å². The predicted octanol–water partition coefficient (Wildman–Crippen LogP) is 4.60. The van der Waals surface area contributed by atoms with Gasteiger partial charge in [-0.3, -0.25) is 4.68 Å². The molecule has 0 spiro atoms. The molecule has 1 atom stereocenters. The van der Waals surface area contributed by atoms with Gasteiger partial charge in [0.1, 0.15) is 17.1 Å². The Morgan fingerprint density at radius 3 is 2.55 bits per heavy atom. The van der Waals surface area contributed by atoms with E-state index in [4.69, 9.17) is 4.98 Å². The number of hydrogen-bond acceptors (Lipinski definition) is 5. The maximum absolute atomic E-state index is 11.1. The lowest BCUT2D eigenvalue weighted by atomic mass is 9.77. The van der Waals surface area contributed by atoms with Crippen LogP contribution in [0.1, 0.15) is 30.0 Å². The second kappa shape index (κ2) is 7.08. The normalized spacial score (nSPS) is 19.8. The Morgan fingerprint density at radius 2 is 1.82 bits per heavy atom. The first kappa shape index (κ1) is 19.8. The third kappa shape index (κ3) is 3.15. The summed E-state index contributed by atoms with van der Waals surface area (Å²) in [5.74, 6) is 1.01. The maximum Gasteiger partial charge on any atom is 0.173 e. The van der Waals surface area contributed by atoms with Gasteiger partial charge in [0.15, 0.2) is 11.6 Å². The van der Waals surface area contributed by atoms with Gasteiger partial charge in [0.05, 0.1) is 11.0 Å². The summed E-state index contributed by atoms with van der Waals surface area (Å²) >= 11 is 0. The molecular weight excluding hydrogens is 414 g/mol. The summed E-state index contributed by atoms with van der Waals surface area (Å²) in [6.07, 6.45) is 6.34. The van der Waals surface area contributed by atoms with Crippen LogP contribution in [0.2, 0.25) is 0 Å². The van der Waals surface area contributed by atoms with E-state index in [1.54, 1.807) is 10.8 Å². The van der Waals surface area contributed by atoms with Crippen LogP contribution in [0.5, 0.6) is 5.75 Å². The lowest BCUT2D eigenvalue weighted by molar-refractivity contribution is 0.417. The van der Waals surface area contributed by atoms with Crippen molar-refractivity contribution in [3.8, 4) is 28.5 Å². The molecule has 0 fully saturated rings. The molecule has 1 aliphatic carbocycles. The van der Waals surface area contributed by atoms with Crippen LogP contribution in [0.3, 0.4) is 0 Å². The molecule has 7 heteroatoms. The number of fused-ring (bicyclic) bond motifs is 2. The maximum atomic E-state index is 11.1. The van der Waals surface area contributed by atoms with Crippen molar-refractivity contribution >= 4 is 11.0 Å². The summed E-state index contributed by atoms with van der Waals surface area (Å²) in [5.41, 5.74) is 7.26. The summed E-state index contributed by atoms with van der Waals surface area (Å²) in [5, 5.41) is 28.7. The third-order valence-electron chi connectivity index (χ3n) is 6.86. The number of nitrogens with zero attached hydrogens (tertiary/aromatic N) is 3. The summed E-state index contributed by atoms with van der Waals surface area (Å²) in [6, 6.07) is 12.3. The molecule has 2 aromatic heterocycles. The second-order valence-corrected chi connectivity index (χ2v) is 9.16. The minimum Gasteiger partial charge on any atom is -0.508 e. The van der Waals surface area contributed by atoms with Crippen LogP contribution in [-0.2, 0) is 25.6 Å². The molecule has 3 heterocycles. The highest BCUT2D eigenvalue weighted by molar-refractivity contribution is 5.83. The van der Waals surface area contributed by atoms with E-state index in [2.05, 4.69) is 46.6 Å². The Bertz CT molecular complexity index is 1420. The van der Waals surface area contributed by atoms with Crippen LogP contribution in [0.25, 0.3) is 33.8 Å². The third-order valence-corrected chi connectivity index (χ3v) is 6.86. The van der Waals surface area contributed by atoms with E-state index in [-0.39, 0.29) is 11.2 Å². The predicted molar refractivity (Wildman–Crippen MR) is 128 cm³/mol. The zero-order valence-electron chi connectivity index (χ0n) is 18.6. The van der Waals surface area contributed by atoms with Crippen molar-refractivity contribution in [2.75, 3.05) is 0 Å². The fraction of sp³-hybridized carbons (Fsp3) is 0.231. The van der Waals surface area contributed by atoms with Crippen LogP contribution >= 0.6 is 0 Å². The smallest absolute Gasteiger partial charge is 0.173 e. The average molecular weight is 440 g/mol. The fourth-order valence-electron chi connectivity index (χ4n) is 4.84. The zero-order valence-corrected chi connectivity index (χ0v) is 18.6. The number of aryl methyl sites for hydroxylation is 1. The van der Waals surface area contributed by atoms with Gasteiger partial charge in [-0.2, -0.15) is 5.10 Å². The molecule has 0 radical (unpaired) electrons. The van der Waals surface area contributed by atoms with Gasteiger partial charge in [-0.05, 0) is 47.4 Å². The van der Waals surface area contributed by atoms with Crippen LogP contribution in [-0.4, -0.2) is 30.0 Å². The summed E-state index contributed by atoms with van der Waals surface area (Å²) in [7, 11) is 1.82. The van der Waals surface area contributed by atoms with E-state index in [0.29, 0.717) is 23.0 Å². The molecular formula is C26H25N5O2. The number of rotatable bonds is 3. The first-order chi connectivity index (χ1) is 15.9. The standard InChI is InChI=1S/C26H25N5O2/c1-26(9-7-19(32)8-10-26)18-5-3-15(4-6-18)22-24(33)23(31(2)30-22)25-28-20-11-16-13-27-14-17(16)12-21(20)29-25/h3-9,11-12,27,32-33H,10,13-14H2,1-2H3,(H,28,29). The number of aromatic hydroxyl groups is 1. The lowest BCUT2D eigenvalue weighted by Gasteiger charge is -2.27. The van der Waals surface area contributed by atoms with Crippen molar-refractivity contribution in [3.05, 3.63) is 77.1 Å². The Labute approximate surface area is 191 Å². The topological polar surface area (TPSA) is 99.0 Å². The molecule has 2 aromatic carbocycles. The molecule has 33 heavy (non-hydrogen) atoms. The van der Waals surface area contributed by atoms with Gasteiger partial charge in [0.2, 0.25) is 0 Å².